The van der Waals surface area contributed by atoms with Gasteiger partial charge in [0.15, 0.2) is 17.5 Å². The molecule has 0 radical (unpaired) electrons. The summed E-state index contributed by atoms with van der Waals surface area (Å²) in [5, 5.41) is 6.62. The zero-order valence-corrected chi connectivity index (χ0v) is 15.5. The van der Waals surface area contributed by atoms with Crippen LogP contribution in [0.25, 0.3) is 0 Å². The molecule has 136 valence electrons. The van der Waals surface area contributed by atoms with Crippen LogP contribution >= 0.6 is 0 Å². The molecule has 0 aromatic heterocycles. The monoisotopic (exact) mass is 351 g/mol. The molecule has 0 spiro atoms. The first-order valence-electron chi connectivity index (χ1n) is 8.40. The summed E-state index contributed by atoms with van der Waals surface area (Å²) in [5.74, 6) is 4.48. The summed E-state index contributed by atoms with van der Waals surface area (Å²) in [7, 11) is 3.36. The Morgan fingerprint density at radius 1 is 1.12 bits per heavy atom. The van der Waals surface area contributed by atoms with Gasteiger partial charge in [-0.05, 0) is 35.7 Å². The summed E-state index contributed by atoms with van der Waals surface area (Å²) >= 11 is 0. The van der Waals surface area contributed by atoms with Gasteiger partial charge in [0, 0.05) is 20.1 Å². The highest BCUT2D eigenvalue weighted by molar-refractivity contribution is 5.79. The van der Waals surface area contributed by atoms with Gasteiger partial charge in [-0.3, -0.25) is 4.99 Å². The Morgan fingerprint density at radius 3 is 2.58 bits per heavy atom. The Balaban J connectivity index is 1.95. The number of hydrogen-bond acceptors (Lipinski definition) is 3. The Hall–Kier alpha value is -3.13. The molecule has 0 atom stereocenters. The van der Waals surface area contributed by atoms with Crippen molar-refractivity contribution in [1.82, 2.24) is 10.6 Å². The second-order valence-electron chi connectivity index (χ2n) is 5.68. The number of methoxy groups -OCH3 is 1. The number of guanidine groups is 1. The number of terminal acetylenes is 1. The fourth-order valence-corrected chi connectivity index (χ4v) is 2.46. The molecule has 0 saturated carbocycles. The largest absolute Gasteiger partial charge is 0.493 e. The molecule has 26 heavy (non-hydrogen) atoms. The summed E-state index contributed by atoms with van der Waals surface area (Å²) in [6, 6.07) is 14.0. The molecule has 5 heteroatoms. The van der Waals surface area contributed by atoms with Crippen LogP contribution in [-0.2, 0) is 13.1 Å². The lowest BCUT2D eigenvalue weighted by Crippen LogP contribution is -2.36. The van der Waals surface area contributed by atoms with E-state index >= 15 is 0 Å². The average molecular weight is 351 g/mol. The van der Waals surface area contributed by atoms with E-state index in [1.807, 2.05) is 30.3 Å². The van der Waals surface area contributed by atoms with E-state index in [2.05, 4.69) is 40.6 Å². The fourth-order valence-electron chi connectivity index (χ4n) is 2.46. The molecular weight excluding hydrogens is 326 g/mol. The molecule has 2 rings (SSSR count). The average Bonchev–Trinajstić information content (AvgIpc) is 2.67. The molecule has 0 aliphatic heterocycles. The molecule has 0 heterocycles. The number of nitrogens with zero attached hydrogens (tertiary/aromatic N) is 1. The number of aliphatic imine (C=N–C) groups is 1. The minimum Gasteiger partial charge on any atom is -0.493 e. The van der Waals surface area contributed by atoms with E-state index in [1.54, 1.807) is 14.2 Å². The van der Waals surface area contributed by atoms with Crippen molar-refractivity contribution < 1.29 is 9.47 Å². The van der Waals surface area contributed by atoms with Crippen molar-refractivity contribution in [1.29, 1.82) is 0 Å². The third kappa shape index (κ3) is 5.45. The molecule has 0 bridgehead atoms. The van der Waals surface area contributed by atoms with Gasteiger partial charge in [-0.2, -0.15) is 0 Å². The molecule has 2 aromatic carbocycles. The minimum atomic E-state index is 0.201. The van der Waals surface area contributed by atoms with Crippen molar-refractivity contribution in [2.45, 2.75) is 20.0 Å². The van der Waals surface area contributed by atoms with Crippen molar-refractivity contribution in [2.24, 2.45) is 4.99 Å². The lowest BCUT2D eigenvalue weighted by atomic mass is 10.1. The van der Waals surface area contributed by atoms with Crippen LogP contribution in [-0.4, -0.2) is 26.7 Å². The maximum absolute atomic E-state index is 5.53. The zero-order chi connectivity index (χ0) is 18.8. The van der Waals surface area contributed by atoms with E-state index in [1.165, 1.54) is 11.1 Å². The highest BCUT2D eigenvalue weighted by Gasteiger charge is 2.06. The molecule has 2 aromatic rings. The third-order valence-corrected chi connectivity index (χ3v) is 3.93. The van der Waals surface area contributed by atoms with Crippen molar-refractivity contribution >= 4 is 5.96 Å². The normalized spacial score (nSPS) is 10.8. The number of benzene rings is 2. The highest BCUT2D eigenvalue weighted by atomic mass is 16.5. The number of nitrogens with one attached hydrogen (secondary N) is 2. The van der Waals surface area contributed by atoms with E-state index in [9.17, 15) is 0 Å². The lowest BCUT2D eigenvalue weighted by Gasteiger charge is -2.14. The summed E-state index contributed by atoms with van der Waals surface area (Å²) in [6.07, 6.45) is 5.26. The minimum absolute atomic E-state index is 0.201. The van der Waals surface area contributed by atoms with Crippen LogP contribution in [0.3, 0.4) is 0 Å². The zero-order valence-electron chi connectivity index (χ0n) is 15.5. The van der Waals surface area contributed by atoms with Crippen molar-refractivity contribution in [3.63, 3.8) is 0 Å². The van der Waals surface area contributed by atoms with Crippen LogP contribution in [0.15, 0.2) is 47.5 Å². The molecule has 0 amide bonds. The second-order valence-corrected chi connectivity index (χ2v) is 5.68. The lowest BCUT2D eigenvalue weighted by molar-refractivity contribution is 0.330. The van der Waals surface area contributed by atoms with Gasteiger partial charge in [0.25, 0.3) is 0 Å². The van der Waals surface area contributed by atoms with Gasteiger partial charge in [-0.25, -0.2) is 0 Å². The standard InChI is InChI=1S/C21H25N3O2/c1-5-12-26-20-13-17(10-11-19(20)25-4)14-23-21(22-3)24-15-18-9-7-6-8-16(18)2/h1,6-11,13H,12,14-15H2,2-4H3,(H2,22,23,24). The van der Waals surface area contributed by atoms with E-state index < -0.39 is 0 Å². The SMILES string of the molecule is C#CCOc1cc(CNC(=NC)NCc2ccccc2C)ccc1OC. The van der Waals surface area contributed by atoms with E-state index in [0.29, 0.717) is 24.6 Å². The molecule has 0 aliphatic carbocycles. The van der Waals surface area contributed by atoms with Gasteiger partial charge in [0.2, 0.25) is 0 Å². The maximum Gasteiger partial charge on any atom is 0.191 e. The molecule has 0 saturated heterocycles. The van der Waals surface area contributed by atoms with Crippen LogP contribution in [0.4, 0.5) is 0 Å². The van der Waals surface area contributed by atoms with E-state index in [4.69, 9.17) is 15.9 Å². The number of ether oxygens (including phenoxy) is 2. The number of aryl methyl sites for hydroxylation is 1. The Bertz CT molecular complexity index is 794. The quantitative estimate of drug-likeness (QED) is 0.458. The van der Waals surface area contributed by atoms with Crippen molar-refractivity contribution in [3.8, 4) is 23.8 Å². The molecule has 0 fully saturated rings. The molecule has 0 aliphatic rings. The summed E-state index contributed by atoms with van der Waals surface area (Å²) in [5.41, 5.74) is 3.53. The van der Waals surface area contributed by atoms with Crippen molar-refractivity contribution in [2.75, 3.05) is 20.8 Å². The second kappa shape index (κ2) is 10.00. The van der Waals surface area contributed by atoms with Crippen LogP contribution < -0.4 is 20.1 Å². The van der Waals surface area contributed by atoms with Crippen molar-refractivity contribution in [3.05, 3.63) is 59.2 Å². The smallest absolute Gasteiger partial charge is 0.191 e. The first-order chi connectivity index (χ1) is 12.7. The van der Waals surface area contributed by atoms with Gasteiger partial charge in [0.05, 0.1) is 7.11 Å². The van der Waals surface area contributed by atoms with Crippen LogP contribution in [0.1, 0.15) is 16.7 Å². The summed E-state index contributed by atoms with van der Waals surface area (Å²) in [6.45, 7) is 3.62. The van der Waals surface area contributed by atoms with Gasteiger partial charge in [0.1, 0.15) is 6.61 Å². The molecule has 0 unspecified atom stereocenters. The van der Waals surface area contributed by atoms with Gasteiger partial charge in [-0.15, -0.1) is 6.42 Å². The number of rotatable bonds is 7. The molecule has 5 nitrogen and oxygen atoms in total. The Morgan fingerprint density at radius 2 is 1.88 bits per heavy atom. The van der Waals surface area contributed by atoms with E-state index in [0.717, 1.165) is 11.5 Å². The van der Waals surface area contributed by atoms with Gasteiger partial charge < -0.3 is 20.1 Å². The summed E-state index contributed by atoms with van der Waals surface area (Å²) in [4.78, 5) is 4.27. The first-order valence-corrected chi connectivity index (χ1v) is 8.40. The molecular formula is C21H25N3O2. The fraction of sp³-hybridized carbons (Fsp3) is 0.286. The summed E-state index contributed by atoms with van der Waals surface area (Å²) < 4.78 is 10.8. The third-order valence-electron chi connectivity index (χ3n) is 3.93. The van der Waals surface area contributed by atoms with Crippen LogP contribution in [0.5, 0.6) is 11.5 Å². The van der Waals surface area contributed by atoms with Crippen LogP contribution in [0.2, 0.25) is 0 Å². The predicted molar refractivity (Wildman–Crippen MR) is 106 cm³/mol. The highest BCUT2D eigenvalue weighted by Crippen LogP contribution is 2.27. The van der Waals surface area contributed by atoms with Gasteiger partial charge in [-0.1, -0.05) is 36.3 Å². The van der Waals surface area contributed by atoms with Gasteiger partial charge >= 0.3 is 0 Å². The Labute approximate surface area is 155 Å². The maximum atomic E-state index is 5.53. The number of hydrogen-bond donors (Lipinski definition) is 2. The van der Waals surface area contributed by atoms with Crippen LogP contribution in [0, 0.1) is 19.3 Å². The molecule has 2 N–H and O–H groups in total. The first kappa shape index (κ1) is 19.2. The Kier molecular flexibility index (Phi) is 7.38. The van der Waals surface area contributed by atoms with E-state index in [-0.39, 0.29) is 6.61 Å². The topological polar surface area (TPSA) is 54.9 Å². The predicted octanol–water partition coefficient (Wildman–Crippen LogP) is 2.88.